The largest absolute Gasteiger partial charge is 0.486 e. The Morgan fingerprint density at radius 3 is 2.45 bits per heavy atom. The van der Waals surface area contributed by atoms with Crippen molar-refractivity contribution in [2.75, 3.05) is 0 Å². The van der Waals surface area contributed by atoms with E-state index in [4.69, 9.17) is 10.1 Å². The Balaban J connectivity index is 1.52. The number of halogens is 3. The van der Waals surface area contributed by atoms with Gasteiger partial charge in [0.2, 0.25) is 10.2 Å². The zero-order chi connectivity index (χ0) is 22.2. The predicted molar refractivity (Wildman–Crippen MR) is 113 cm³/mol. The molecule has 1 amide bonds. The van der Waals surface area contributed by atoms with Gasteiger partial charge in [0.15, 0.2) is 5.84 Å². The van der Waals surface area contributed by atoms with Crippen LogP contribution in [-0.2, 0) is 4.79 Å². The third kappa shape index (κ3) is 4.38. The topological polar surface area (TPSA) is 78.1 Å². The molecule has 2 aliphatic rings. The summed E-state index contributed by atoms with van der Waals surface area (Å²) in [6, 6.07) is 16.5. The number of hydrazone groups is 1. The van der Waals surface area contributed by atoms with Gasteiger partial charge in [-0.15, -0.1) is 0 Å². The van der Waals surface area contributed by atoms with Crippen molar-refractivity contribution >= 4 is 39.8 Å². The lowest BCUT2D eigenvalue weighted by Gasteiger charge is -2.20. The summed E-state index contributed by atoms with van der Waals surface area (Å²) in [4.78, 5) is 15.9. The summed E-state index contributed by atoms with van der Waals surface area (Å²) in [5, 5.41) is 10.8. The van der Waals surface area contributed by atoms with Crippen LogP contribution in [0.5, 0.6) is 5.75 Å². The van der Waals surface area contributed by atoms with Crippen molar-refractivity contribution in [1.82, 2.24) is 5.01 Å². The number of hydrogen-bond donors (Lipinski definition) is 1. The number of nitrogens with one attached hydrogen (secondary N) is 1. The number of carbonyl (C=O) groups excluding carboxylic acids is 1. The van der Waals surface area contributed by atoms with E-state index >= 15 is 0 Å². The van der Waals surface area contributed by atoms with Crippen LogP contribution in [0.4, 0.5) is 13.2 Å². The number of benzene rings is 2. The number of thioether (sulfide) groups is 1. The molecule has 1 atom stereocenters. The number of amides is 1. The summed E-state index contributed by atoms with van der Waals surface area (Å²) in [6.45, 7) is 1.92. The van der Waals surface area contributed by atoms with Crippen molar-refractivity contribution < 1.29 is 22.7 Å². The molecule has 2 aromatic carbocycles. The number of alkyl halides is 3. The molecule has 0 saturated carbocycles. The first-order chi connectivity index (χ1) is 14.7. The third-order valence-corrected chi connectivity index (χ3v) is 5.42. The molecule has 31 heavy (non-hydrogen) atoms. The summed E-state index contributed by atoms with van der Waals surface area (Å²) in [6.07, 6.45) is -3.45. The second-order valence-electron chi connectivity index (χ2n) is 6.66. The van der Waals surface area contributed by atoms with E-state index in [0.29, 0.717) is 11.3 Å². The fourth-order valence-electron chi connectivity index (χ4n) is 2.91. The van der Waals surface area contributed by atoms with Gasteiger partial charge in [0, 0.05) is 0 Å². The number of fused-ring (bicyclic) bond motifs is 1. The standard InChI is InChI=1S/C21H15F3N4O2S/c1-12(14-5-3-2-4-6-14)30-15-9-7-13(8-10-15)11-16-17(25)28-20(26-18(16)29)31-19(27-28)21(22,23)24/h2-12,25H,1H3/b16-11-,25-17?/t12-/m1/s1. The molecule has 0 saturated heterocycles. The number of amidine groups is 2. The molecule has 0 radical (unpaired) electrons. The highest BCUT2D eigenvalue weighted by atomic mass is 32.2. The van der Waals surface area contributed by atoms with Crippen molar-refractivity contribution in [3.8, 4) is 5.75 Å². The Bertz CT molecular complexity index is 1130. The van der Waals surface area contributed by atoms with Crippen LogP contribution in [-0.4, -0.2) is 33.1 Å². The van der Waals surface area contributed by atoms with Crippen molar-refractivity contribution in [2.45, 2.75) is 19.2 Å². The molecule has 0 aromatic heterocycles. The normalized spacial score (nSPS) is 18.6. The Labute approximate surface area is 179 Å². The van der Waals surface area contributed by atoms with Crippen molar-refractivity contribution in [3.05, 3.63) is 71.3 Å². The molecule has 0 aliphatic carbocycles. The Hall–Kier alpha value is -3.40. The van der Waals surface area contributed by atoms with Crippen LogP contribution < -0.4 is 4.74 Å². The van der Waals surface area contributed by atoms with E-state index in [-0.39, 0.29) is 28.6 Å². The molecule has 0 spiro atoms. The first kappa shape index (κ1) is 20.9. The van der Waals surface area contributed by atoms with Crippen LogP contribution >= 0.6 is 11.8 Å². The number of hydrogen-bond acceptors (Lipinski definition) is 5. The SMILES string of the molecule is C[C@@H](Oc1ccc(/C=C2/C(=N)N3N=C(C(F)(F)F)SC3=NC2=O)cc1)c1ccccc1. The molecule has 1 N–H and O–H groups in total. The van der Waals surface area contributed by atoms with Crippen LogP contribution in [0.1, 0.15) is 24.2 Å². The van der Waals surface area contributed by atoms with Gasteiger partial charge in [-0.1, -0.05) is 42.5 Å². The third-order valence-electron chi connectivity index (χ3n) is 4.47. The molecule has 6 nitrogen and oxygen atoms in total. The monoisotopic (exact) mass is 444 g/mol. The lowest BCUT2D eigenvalue weighted by atomic mass is 10.1. The molecule has 158 valence electrons. The molecule has 2 aromatic rings. The zero-order valence-electron chi connectivity index (χ0n) is 16.1. The average Bonchev–Trinajstić information content (AvgIpc) is 3.18. The molecular formula is C21H15F3N4O2S. The van der Waals surface area contributed by atoms with E-state index < -0.39 is 23.0 Å². The Morgan fingerprint density at radius 2 is 1.81 bits per heavy atom. The van der Waals surface area contributed by atoms with E-state index in [1.54, 1.807) is 24.3 Å². The van der Waals surface area contributed by atoms with Crippen LogP contribution in [0, 0.1) is 5.41 Å². The van der Waals surface area contributed by atoms with Crippen molar-refractivity contribution in [3.63, 3.8) is 0 Å². The maximum Gasteiger partial charge on any atom is 0.441 e. The summed E-state index contributed by atoms with van der Waals surface area (Å²) >= 11 is 0.219. The minimum Gasteiger partial charge on any atom is -0.486 e. The lowest BCUT2D eigenvalue weighted by molar-refractivity contribution is -0.114. The average molecular weight is 444 g/mol. The predicted octanol–water partition coefficient (Wildman–Crippen LogP) is 5.01. The molecule has 2 aliphatic heterocycles. The Morgan fingerprint density at radius 1 is 1.13 bits per heavy atom. The highest BCUT2D eigenvalue weighted by Crippen LogP contribution is 2.35. The van der Waals surface area contributed by atoms with Crippen LogP contribution in [0.15, 0.2) is 70.3 Å². The van der Waals surface area contributed by atoms with Gasteiger partial charge in [-0.05, 0) is 48.0 Å². The fourth-order valence-corrected chi connectivity index (χ4v) is 3.67. The van der Waals surface area contributed by atoms with Gasteiger partial charge in [-0.2, -0.15) is 28.3 Å². The molecular weight excluding hydrogens is 429 g/mol. The number of nitrogens with zero attached hydrogens (tertiary/aromatic N) is 3. The first-order valence-electron chi connectivity index (χ1n) is 9.11. The summed E-state index contributed by atoms with van der Waals surface area (Å²) in [5.74, 6) is -0.639. The van der Waals surface area contributed by atoms with Gasteiger partial charge in [0.05, 0.1) is 5.57 Å². The van der Waals surface area contributed by atoms with E-state index in [9.17, 15) is 18.0 Å². The van der Waals surface area contributed by atoms with Gasteiger partial charge in [0.25, 0.3) is 5.91 Å². The number of carbonyl (C=O) groups is 1. The van der Waals surface area contributed by atoms with Crippen molar-refractivity contribution in [2.24, 2.45) is 10.1 Å². The summed E-state index contributed by atoms with van der Waals surface area (Å²) < 4.78 is 44.6. The van der Waals surface area contributed by atoms with Gasteiger partial charge >= 0.3 is 6.18 Å². The minimum atomic E-state index is -4.68. The summed E-state index contributed by atoms with van der Waals surface area (Å²) in [5.41, 5.74) is 1.44. The van der Waals surface area contributed by atoms with E-state index in [2.05, 4.69) is 10.1 Å². The van der Waals surface area contributed by atoms with Crippen LogP contribution in [0.25, 0.3) is 6.08 Å². The molecule has 4 rings (SSSR count). The van der Waals surface area contributed by atoms with Gasteiger partial charge in [-0.25, -0.2) is 0 Å². The highest BCUT2D eigenvalue weighted by Gasteiger charge is 2.46. The second kappa shape index (κ2) is 8.03. The second-order valence-corrected chi connectivity index (χ2v) is 7.62. The number of aliphatic imine (C=N–C) groups is 1. The van der Waals surface area contributed by atoms with E-state index in [1.807, 2.05) is 37.3 Å². The molecule has 0 unspecified atom stereocenters. The van der Waals surface area contributed by atoms with E-state index in [1.165, 1.54) is 6.08 Å². The lowest BCUT2D eigenvalue weighted by Crippen LogP contribution is -2.35. The zero-order valence-corrected chi connectivity index (χ0v) is 16.9. The van der Waals surface area contributed by atoms with Crippen molar-refractivity contribution in [1.29, 1.82) is 5.41 Å². The minimum absolute atomic E-state index is 0.150. The van der Waals surface area contributed by atoms with Gasteiger partial charge in [0.1, 0.15) is 11.9 Å². The van der Waals surface area contributed by atoms with Crippen LogP contribution in [0.2, 0.25) is 0 Å². The summed E-state index contributed by atoms with van der Waals surface area (Å²) in [7, 11) is 0. The molecule has 0 bridgehead atoms. The van der Waals surface area contributed by atoms with Gasteiger partial charge in [-0.3, -0.25) is 10.2 Å². The molecule has 10 heteroatoms. The quantitative estimate of drug-likeness (QED) is 0.673. The van der Waals surface area contributed by atoms with Gasteiger partial charge < -0.3 is 4.74 Å². The number of ether oxygens (including phenoxy) is 1. The smallest absolute Gasteiger partial charge is 0.441 e. The van der Waals surface area contributed by atoms with Crippen LogP contribution in [0.3, 0.4) is 0 Å². The highest BCUT2D eigenvalue weighted by molar-refractivity contribution is 8.27. The molecule has 2 heterocycles. The maximum atomic E-state index is 12.9. The maximum absolute atomic E-state index is 12.9. The Kier molecular flexibility index (Phi) is 5.40. The first-order valence-corrected chi connectivity index (χ1v) is 9.93. The number of rotatable bonds is 4. The van der Waals surface area contributed by atoms with E-state index in [0.717, 1.165) is 10.6 Å². The molecule has 0 fully saturated rings. The fraction of sp³-hybridized carbons (Fsp3) is 0.143.